The van der Waals surface area contributed by atoms with Gasteiger partial charge in [-0.05, 0) is 31.7 Å². The average molecular weight is 271 g/mol. The van der Waals surface area contributed by atoms with Gasteiger partial charge in [0.25, 0.3) is 5.91 Å². The molecule has 100 valence electrons. The van der Waals surface area contributed by atoms with Crippen LogP contribution in [0.5, 0.6) is 0 Å². The summed E-state index contributed by atoms with van der Waals surface area (Å²) in [6, 6.07) is 4.96. The van der Waals surface area contributed by atoms with Crippen LogP contribution in [0.1, 0.15) is 15.9 Å². The van der Waals surface area contributed by atoms with Crippen LogP contribution in [0.25, 0.3) is 0 Å². The lowest BCUT2D eigenvalue weighted by Crippen LogP contribution is -2.32. The number of rotatable bonds is 5. The van der Waals surface area contributed by atoms with Crippen LogP contribution >= 0.6 is 0 Å². The van der Waals surface area contributed by atoms with E-state index in [1.54, 1.807) is 18.2 Å². The van der Waals surface area contributed by atoms with Gasteiger partial charge in [0.1, 0.15) is 0 Å². The largest absolute Gasteiger partial charge is 0.398 e. The molecule has 1 aromatic carbocycles. The first-order valence-corrected chi connectivity index (χ1v) is 7.06. The Kier molecular flexibility index (Phi) is 4.69. The predicted molar refractivity (Wildman–Crippen MR) is 70.8 cm³/mol. The van der Waals surface area contributed by atoms with Crippen LogP contribution in [0.4, 0.5) is 5.69 Å². The number of nitrogen functional groups attached to an aromatic ring is 1. The fourth-order valence-corrected chi connectivity index (χ4v) is 1.86. The summed E-state index contributed by atoms with van der Waals surface area (Å²) in [5, 5.41) is 2.52. The number of anilines is 1. The Bertz CT molecular complexity index is 540. The molecule has 0 atom stereocenters. The molecule has 4 N–H and O–H groups in total. The zero-order valence-electron chi connectivity index (χ0n) is 10.4. The van der Waals surface area contributed by atoms with Crippen LogP contribution in [0.3, 0.4) is 0 Å². The van der Waals surface area contributed by atoms with E-state index in [2.05, 4.69) is 10.0 Å². The van der Waals surface area contributed by atoms with Crippen molar-refractivity contribution >= 4 is 21.6 Å². The Morgan fingerprint density at radius 2 is 2.06 bits per heavy atom. The van der Waals surface area contributed by atoms with Gasteiger partial charge in [0.15, 0.2) is 0 Å². The van der Waals surface area contributed by atoms with Gasteiger partial charge in [-0.15, -0.1) is 0 Å². The standard InChI is InChI=1S/C11H17N3O3S/c1-8-3-4-9(7-10(8)12)11(15)14-5-6-18(16,17)13-2/h3-4,7,13H,5-6,12H2,1-2H3,(H,14,15). The second-order valence-electron chi connectivity index (χ2n) is 3.85. The summed E-state index contributed by atoms with van der Waals surface area (Å²) in [7, 11) is -1.97. The smallest absolute Gasteiger partial charge is 0.251 e. The second-order valence-corrected chi connectivity index (χ2v) is 5.90. The number of nitrogens with one attached hydrogen (secondary N) is 2. The molecule has 0 saturated carbocycles. The number of nitrogens with two attached hydrogens (primary N) is 1. The van der Waals surface area contributed by atoms with Crippen LogP contribution in [-0.4, -0.2) is 33.7 Å². The minimum absolute atomic E-state index is 0.0514. The number of hydrogen-bond acceptors (Lipinski definition) is 4. The lowest BCUT2D eigenvalue weighted by molar-refractivity contribution is 0.0956. The monoisotopic (exact) mass is 271 g/mol. The molecule has 6 nitrogen and oxygen atoms in total. The molecule has 0 unspecified atom stereocenters. The van der Waals surface area contributed by atoms with E-state index in [0.29, 0.717) is 11.3 Å². The molecule has 0 heterocycles. The predicted octanol–water partition coefficient (Wildman–Crippen LogP) is -0.144. The number of carbonyl (C=O) groups is 1. The highest BCUT2D eigenvalue weighted by Crippen LogP contribution is 2.12. The Morgan fingerprint density at radius 1 is 1.39 bits per heavy atom. The molecule has 1 amide bonds. The van der Waals surface area contributed by atoms with Crippen LogP contribution in [0.15, 0.2) is 18.2 Å². The Labute approximate surface area is 107 Å². The number of aryl methyl sites for hydroxylation is 1. The topological polar surface area (TPSA) is 101 Å². The van der Waals surface area contributed by atoms with E-state index in [1.165, 1.54) is 7.05 Å². The van der Waals surface area contributed by atoms with Gasteiger partial charge >= 0.3 is 0 Å². The number of sulfonamides is 1. The number of carbonyl (C=O) groups excluding carboxylic acids is 1. The molecule has 18 heavy (non-hydrogen) atoms. The zero-order chi connectivity index (χ0) is 13.8. The molecule has 1 rings (SSSR count). The molecule has 0 saturated heterocycles. The molecule has 0 spiro atoms. The highest BCUT2D eigenvalue weighted by Gasteiger charge is 2.10. The summed E-state index contributed by atoms with van der Waals surface area (Å²) in [6.45, 7) is 1.90. The first kappa shape index (κ1) is 14.5. The second kappa shape index (κ2) is 5.83. The molecule has 0 fully saturated rings. The third kappa shape index (κ3) is 4.01. The van der Waals surface area contributed by atoms with E-state index in [0.717, 1.165) is 5.56 Å². The van der Waals surface area contributed by atoms with Gasteiger partial charge in [-0.1, -0.05) is 6.07 Å². The van der Waals surface area contributed by atoms with E-state index in [-0.39, 0.29) is 18.2 Å². The SMILES string of the molecule is CNS(=O)(=O)CCNC(=O)c1ccc(C)c(N)c1. The van der Waals surface area contributed by atoms with Crippen molar-refractivity contribution in [2.75, 3.05) is 25.1 Å². The van der Waals surface area contributed by atoms with Gasteiger partial charge in [-0.3, -0.25) is 4.79 Å². The van der Waals surface area contributed by atoms with Crippen LogP contribution in [-0.2, 0) is 10.0 Å². The number of amides is 1. The van der Waals surface area contributed by atoms with Crippen molar-refractivity contribution in [3.05, 3.63) is 29.3 Å². The summed E-state index contributed by atoms with van der Waals surface area (Å²) in [4.78, 5) is 11.7. The van der Waals surface area contributed by atoms with Crippen molar-refractivity contribution in [1.82, 2.24) is 10.0 Å². The fraction of sp³-hybridized carbons (Fsp3) is 0.364. The molecule has 0 aliphatic heterocycles. The average Bonchev–Trinajstić information content (AvgIpc) is 2.32. The lowest BCUT2D eigenvalue weighted by Gasteiger charge is -2.07. The maximum Gasteiger partial charge on any atom is 0.251 e. The third-order valence-electron chi connectivity index (χ3n) is 2.51. The summed E-state index contributed by atoms with van der Waals surface area (Å²) >= 11 is 0. The molecule has 0 aliphatic carbocycles. The van der Waals surface area contributed by atoms with Crippen molar-refractivity contribution in [3.63, 3.8) is 0 Å². The molecule has 0 bridgehead atoms. The molecule has 7 heteroatoms. The van der Waals surface area contributed by atoms with E-state index in [9.17, 15) is 13.2 Å². The van der Waals surface area contributed by atoms with E-state index < -0.39 is 10.0 Å². The van der Waals surface area contributed by atoms with Crippen molar-refractivity contribution in [1.29, 1.82) is 0 Å². The van der Waals surface area contributed by atoms with Crippen molar-refractivity contribution in [3.8, 4) is 0 Å². The minimum Gasteiger partial charge on any atom is -0.398 e. The van der Waals surface area contributed by atoms with Crippen molar-refractivity contribution < 1.29 is 13.2 Å². The van der Waals surface area contributed by atoms with E-state index >= 15 is 0 Å². The summed E-state index contributed by atoms with van der Waals surface area (Å²) in [5.41, 5.74) is 7.53. The first-order chi connectivity index (χ1) is 8.35. The summed E-state index contributed by atoms with van der Waals surface area (Å²) in [6.07, 6.45) is 0. The molecular formula is C11H17N3O3S. The minimum atomic E-state index is -3.30. The quantitative estimate of drug-likeness (QED) is 0.648. The third-order valence-corrected chi connectivity index (χ3v) is 3.87. The lowest BCUT2D eigenvalue weighted by atomic mass is 10.1. The van der Waals surface area contributed by atoms with Crippen LogP contribution in [0.2, 0.25) is 0 Å². The van der Waals surface area contributed by atoms with E-state index in [4.69, 9.17) is 5.73 Å². The van der Waals surface area contributed by atoms with Crippen LogP contribution in [0, 0.1) is 6.92 Å². The fourth-order valence-electron chi connectivity index (χ4n) is 1.28. The summed E-state index contributed by atoms with van der Waals surface area (Å²) < 4.78 is 24.4. The van der Waals surface area contributed by atoms with E-state index in [1.807, 2.05) is 6.92 Å². The molecule has 1 aromatic rings. The van der Waals surface area contributed by atoms with Crippen molar-refractivity contribution in [2.45, 2.75) is 6.92 Å². The number of hydrogen-bond donors (Lipinski definition) is 3. The van der Waals surface area contributed by atoms with Crippen molar-refractivity contribution in [2.24, 2.45) is 0 Å². The van der Waals surface area contributed by atoms with Gasteiger partial charge in [0.05, 0.1) is 5.75 Å². The molecular weight excluding hydrogens is 254 g/mol. The van der Waals surface area contributed by atoms with Crippen LogP contribution < -0.4 is 15.8 Å². The highest BCUT2D eigenvalue weighted by atomic mass is 32.2. The Balaban J connectivity index is 2.58. The maximum absolute atomic E-state index is 11.7. The normalized spacial score (nSPS) is 11.2. The Morgan fingerprint density at radius 3 is 2.61 bits per heavy atom. The molecule has 0 aromatic heterocycles. The van der Waals surface area contributed by atoms with Gasteiger partial charge in [-0.25, -0.2) is 13.1 Å². The zero-order valence-corrected chi connectivity index (χ0v) is 11.2. The van der Waals surface area contributed by atoms with Gasteiger partial charge < -0.3 is 11.1 Å². The van der Waals surface area contributed by atoms with Gasteiger partial charge in [0, 0.05) is 17.8 Å². The highest BCUT2D eigenvalue weighted by molar-refractivity contribution is 7.89. The van der Waals surface area contributed by atoms with Gasteiger partial charge in [0.2, 0.25) is 10.0 Å². The summed E-state index contributed by atoms with van der Waals surface area (Å²) in [5.74, 6) is -0.496. The number of benzene rings is 1. The Hall–Kier alpha value is -1.60. The maximum atomic E-state index is 11.7. The molecule has 0 radical (unpaired) electrons. The van der Waals surface area contributed by atoms with Gasteiger partial charge in [-0.2, -0.15) is 0 Å². The first-order valence-electron chi connectivity index (χ1n) is 5.41. The molecule has 0 aliphatic rings.